The molecule has 0 saturated carbocycles. The minimum Gasteiger partial charge on any atom is -0.480 e. The fourth-order valence-electron chi connectivity index (χ4n) is 2.55. The number of aromatic amines is 1. The number of amides is 1. The van der Waals surface area contributed by atoms with Gasteiger partial charge in [-0.3, -0.25) is 4.79 Å². The molecular formula is C18H20B2N4O2. The molecule has 1 amide bonds. The van der Waals surface area contributed by atoms with Gasteiger partial charge in [-0.1, -0.05) is 24.6 Å². The van der Waals surface area contributed by atoms with Crippen LogP contribution in [0.2, 0.25) is 0 Å². The number of aryl methyl sites for hydroxylation is 2. The van der Waals surface area contributed by atoms with Crippen molar-refractivity contribution in [2.24, 2.45) is 0 Å². The highest BCUT2D eigenvalue weighted by molar-refractivity contribution is 6.75. The van der Waals surface area contributed by atoms with Crippen LogP contribution in [0.25, 0.3) is 11.0 Å². The maximum Gasteiger partial charge on any atom is 0.265 e. The first kappa shape index (κ1) is 19.6. The van der Waals surface area contributed by atoms with Crippen molar-refractivity contribution in [2.75, 3.05) is 5.32 Å². The van der Waals surface area contributed by atoms with Gasteiger partial charge in [0.05, 0.1) is 0 Å². The Morgan fingerprint density at radius 2 is 1.88 bits per heavy atom. The second kappa shape index (κ2) is 9.08. The number of H-pyrrole nitrogens is 1. The molecule has 2 aromatic carbocycles. The Morgan fingerprint density at radius 1 is 1.15 bits per heavy atom. The molecule has 1 atom stereocenters. The fourth-order valence-corrected chi connectivity index (χ4v) is 2.55. The van der Waals surface area contributed by atoms with Crippen molar-refractivity contribution in [1.82, 2.24) is 15.4 Å². The van der Waals surface area contributed by atoms with Crippen LogP contribution < -0.4 is 10.1 Å². The Morgan fingerprint density at radius 3 is 2.58 bits per heavy atom. The van der Waals surface area contributed by atoms with Crippen molar-refractivity contribution in [2.45, 2.75) is 33.3 Å². The molecule has 0 bridgehead atoms. The first-order valence-electron chi connectivity index (χ1n) is 8.25. The molecule has 1 heterocycles. The zero-order valence-corrected chi connectivity index (χ0v) is 15.1. The maximum atomic E-state index is 12.5. The number of rotatable bonds is 5. The van der Waals surface area contributed by atoms with Gasteiger partial charge < -0.3 is 10.1 Å². The highest BCUT2D eigenvalue weighted by Crippen LogP contribution is 2.22. The summed E-state index contributed by atoms with van der Waals surface area (Å²) in [6, 6.07) is 11.3. The van der Waals surface area contributed by atoms with Crippen LogP contribution in [0.1, 0.15) is 24.5 Å². The smallest absolute Gasteiger partial charge is 0.265 e. The SMILES string of the molecule is CCC(Oc1ccc(C)cc1C)C(=O)Nc1ccc2n[nH]nc2c1.[B][B]. The second-order valence-electron chi connectivity index (χ2n) is 5.80. The summed E-state index contributed by atoms with van der Waals surface area (Å²) in [5.41, 5.74) is 4.32. The number of hydrogen-bond acceptors (Lipinski definition) is 4. The van der Waals surface area contributed by atoms with E-state index in [-0.39, 0.29) is 5.91 Å². The Bertz CT molecular complexity index is 883. The average Bonchev–Trinajstić information content (AvgIpc) is 3.10. The number of anilines is 1. The number of nitrogens with zero attached hydrogens (tertiary/aromatic N) is 2. The van der Waals surface area contributed by atoms with Gasteiger partial charge in [-0.2, -0.15) is 15.4 Å². The standard InChI is InChI=1S/C18H20N4O2.B2/c1-4-16(24-17-8-5-11(2)9-12(17)3)18(23)19-13-6-7-14-15(10-13)21-22-20-14;1-2/h5-10,16H,4H2,1-3H3,(H,19,23)(H,20,21,22);. The summed E-state index contributed by atoms with van der Waals surface area (Å²) in [6.45, 7) is 5.93. The lowest BCUT2D eigenvalue weighted by Crippen LogP contribution is -2.32. The number of fused-ring (bicyclic) bond motifs is 1. The summed E-state index contributed by atoms with van der Waals surface area (Å²) < 4.78 is 5.91. The molecular weight excluding hydrogens is 326 g/mol. The first-order valence-corrected chi connectivity index (χ1v) is 8.25. The van der Waals surface area contributed by atoms with Crippen molar-refractivity contribution in [3.63, 3.8) is 0 Å². The van der Waals surface area contributed by atoms with Crippen LogP contribution in [0, 0.1) is 13.8 Å². The highest BCUT2D eigenvalue weighted by Gasteiger charge is 2.19. The predicted octanol–water partition coefficient (Wildman–Crippen LogP) is 2.61. The third-order valence-corrected chi connectivity index (χ3v) is 3.85. The lowest BCUT2D eigenvalue weighted by atomic mass is 9.81. The van der Waals surface area contributed by atoms with Gasteiger partial charge >= 0.3 is 0 Å². The van der Waals surface area contributed by atoms with Gasteiger partial charge in [-0.15, -0.1) is 0 Å². The third kappa shape index (κ3) is 4.65. The summed E-state index contributed by atoms with van der Waals surface area (Å²) in [5.74, 6) is 0.551. The van der Waals surface area contributed by atoms with Crippen molar-refractivity contribution in [3.05, 3.63) is 47.5 Å². The van der Waals surface area contributed by atoms with Crippen LogP contribution in [0.5, 0.6) is 5.75 Å². The van der Waals surface area contributed by atoms with E-state index in [0.29, 0.717) is 17.6 Å². The second-order valence-corrected chi connectivity index (χ2v) is 5.80. The summed E-state index contributed by atoms with van der Waals surface area (Å²) in [5, 5.41) is 13.4. The molecule has 130 valence electrons. The summed E-state index contributed by atoms with van der Waals surface area (Å²) >= 11 is 0. The van der Waals surface area contributed by atoms with E-state index in [4.69, 9.17) is 4.74 Å². The summed E-state index contributed by atoms with van der Waals surface area (Å²) in [6.07, 6.45) is 0.0187. The molecule has 0 spiro atoms. The van der Waals surface area contributed by atoms with E-state index < -0.39 is 6.10 Å². The van der Waals surface area contributed by atoms with E-state index in [2.05, 4.69) is 36.2 Å². The Labute approximate surface area is 155 Å². The number of carbonyl (C=O) groups is 1. The van der Waals surface area contributed by atoms with Gasteiger partial charge in [0.2, 0.25) is 0 Å². The number of carbonyl (C=O) groups excluding carboxylic acids is 1. The Hall–Kier alpha value is -2.76. The molecule has 0 aliphatic heterocycles. The van der Waals surface area contributed by atoms with E-state index in [9.17, 15) is 4.79 Å². The average molecular weight is 346 g/mol. The van der Waals surface area contributed by atoms with Crippen LogP contribution in [0.15, 0.2) is 36.4 Å². The van der Waals surface area contributed by atoms with Crippen molar-refractivity contribution in [1.29, 1.82) is 0 Å². The number of ether oxygens (including phenoxy) is 1. The van der Waals surface area contributed by atoms with Gasteiger partial charge in [-0.05, 0) is 50.1 Å². The summed E-state index contributed by atoms with van der Waals surface area (Å²) in [4.78, 5) is 12.5. The lowest BCUT2D eigenvalue weighted by molar-refractivity contribution is -0.122. The molecule has 6 nitrogen and oxygen atoms in total. The molecule has 8 heteroatoms. The molecule has 3 rings (SSSR count). The molecule has 0 aliphatic carbocycles. The van der Waals surface area contributed by atoms with E-state index in [1.807, 2.05) is 39.0 Å². The van der Waals surface area contributed by atoms with Crippen LogP contribution in [0.3, 0.4) is 0 Å². The molecule has 0 saturated heterocycles. The predicted molar refractivity (Wildman–Crippen MR) is 105 cm³/mol. The van der Waals surface area contributed by atoms with Crippen molar-refractivity contribution >= 4 is 38.1 Å². The lowest BCUT2D eigenvalue weighted by Gasteiger charge is -2.19. The third-order valence-electron chi connectivity index (χ3n) is 3.85. The quantitative estimate of drug-likeness (QED) is 0.696. The fraction of sp³-hybridized carbons (Fsp3) is 0.278. The Kier molecular flexibility index (Phi) is 6.83. The van der Waals surface area contributed by atoms with Crippen LogP contribution in [-0.2, 0) is 4.79 Å². The van der Waals surface area contributed by atoms with Gasteiger partial charge in [0, 0.05) is 21.2 Å². The maximum absolute atomic E-state index is 12.5. The van der Waals surface area contributed by atoms with Crippen LogP contribution >= 0.6 is 0 Å². The molecule has 26 heavy (non-hydrogen) atoms. The molecule has 4 radical (unpaired) electrons. The zero-order chi connectivity index (χ0) is 19.1. The van der Waals surface area contributed by atoms with Gasteiger partial charge in [0.15, 0.2) is 6.10 Å². The zero-order valence-electron chi connectivity index (χ0n) is 15.1. The molecule has 0 fully saturated rings. The minimum absolute atomic E-state index is 0.180. The van der Waals surface area contributed by atoms with E-state index in [1.165, 1.54) is 5.56 Å². The topological polar surface area (TPSA) is 79.9 Å². The largest absolute Gasteiger partial charge is 0.480 e. The Balaban J connectivity index is 0.00000117. The monoisotopic (exact) mass is 346 g/mol. The van der Waals surface area contributed by atoms with Gasteiger partial charge in [-0.25, -0.2) is 0 Å². The van der Waals surface area contributed by atoms with Gasteiger partial charge in [0.25, 0.3) is 5.91 Å². The van der Waals surface area contributed by atoms with Crippen molar-refractivity contribution < 1.29 is 9.53 Å². The minimum atomic E-state index is -0.556. The van der Waals surface area contributed by atoms with Crippen LogP contribution in [0.4, 0.5) is 5.69 Å². The normalized spacial score (nSPS) is 11.3. The molecule has 1 unspecified atom stereocenters. The number of nitrogens with one attached hydrogen (secondary N) is 2. The summed E-state index contributed by atoms with van der Waals surface area (Å²) in [7, 11) is 8.00. The van der Waals surface area contributed by atoms with E-state index >= 15 is 0 Å². The van der Waals surface area contributed by atoms with Crippen molar-refractivity contribution in [3.8, 4) is 5.75 Å². The number of benzene rings is 2. The molecule has 0 aliphatic rings. The molecule has 3 aromatic rings. The van der Waals surface area contributed by atoms with Gasteiger partial charge in [0.1, 0.15) is 16.8 Å². The first-order chi connectivity index (χ1) is 12.6. The van der Waals surface area contributed by atoms with Crippen LogP contribution in [-0.4, -0.2) is 42.9 Å². The van der Waals surface area contributed by atoms with E-state index in [0.717, 1.165) is 16.8 Å². The van der Waals surface area contributed by atoms with E-state index in [1.54, 1.807) is 18.2 Å². The number of aromatic nitrogens is 3. The number of hydrogen-bond donors (Lipinski definition) is 2. The molecule has 1 aromatic heterocycles. The highest BCUT2D eigenvalue weighted by atomic mass is 16.5. The molecule has 2 N–H and O–H groups in total.